The van der Waals surface area contributed by atoms with Gasteiger partial charge in [0.25, 0.3) is 0 Å². The van der Waals surface area contributed by atoms with Crippen LogP contribution in [0.2, 0.25) is 0 Å². The summed E-state index contributed by atoms with van der Waals surface area (Å²) in [6.45, 7) is 5.87. The van der Waals surface area contributed by atoms with E-state index in [1.807, 2.05) is 31.2 Å². The zero-order valence-electron chi connectivity index (χ0n) is 12.5. The molecular formula is C16H23N3O. The molecule has 0 spiro atoms. The largest absolute Gasteiger partial charge is 0.383 e. The lowest BCUT2D eigenvalue weighted by Gasteiger charge is -2.18. The number of hydrogen-bond acceptors (Lipinski definition) is 4. The van der Waals surface area contributed by atoms with E-state index < -0.39 is 0 Å². The van der Waals surface area contributed by atoms with E-state index in [2.05, 4.69) is 17.2 Å². The molecule has 1 aromatic carbocycles. The molecule has 2 aromatic rings. The Morgan fingerprint density at radius 3 is 2.55 bits per heavy atom. The van der Waals surface area contributed by atoms with Gasteiger partial charge in [-0.05, 0) is 32.0 Å². The van der Waals surface area contributed by atoms with E-state index in [0.717, 1.165) is 41.8 Å². The number of nitrogens with zero attached hydrogens (tertiary/aromatic N) is 2. The zero-order chi connectivity index (χ0) is 14.4. The highest BCUT2D eigenvalue weighted by atomic mass is 16.5. The molecule has 4 heteroatoms. The number of para-hydroxylation sites is 2. The van der Waals surface area contributed by atoms with Crippen LogP contribution >= 0.6 is 0 Å². The molecule has 0 radical (unpaired) electrons. The van der Waals surface area contributed by atoms with Crippen molar-refractivity contribution in [2.75, 3.05) is 20.3 Å². The molecule has 2 rings (SSSR count). The van der Waals surface area contributed by atoms with E-state index in [1.54, 1.807) is 7.11 Å². The maximum atomic E-state index is 5.29. The number of aromatic nitrogens is 2. The third-order valence-corrected chi connectivity index (χ3v) is 3.33. The minimum atomic E-state index is 0.286. The smallest absolute Gasteiger partial charge is 0.0890 e. The van der Waals surface area contributed by atoms with E-state index in [0.29, 0.717) is 6.61 Å². The first-order chi connectivity index (χ1) is 9.74. The summed E-state index contributed by atoms with van der Waals surface area (Å²) in [5.74, 6) is 0. The van der Waals surface area contributed by atoms with Crippen LogP contribution in [0.1, 0.15) is 24.7 Å². The predicted molar refractivity (Wildman–Crippen MR) is 81.9 cm³/mol. The number of benzene rings is 1. The van der Waals surface area contributed by atoms with Gasteiger partial charge < -0.3 is 10.1 Å². The van der Waals surface area contributed by atoms with Gasteiger partial charge in [-0.1, -0.05) is 19.1 Å². The molecular weight excluding hydrogens is 250 g/mol. The van der Waals surface area contributed by atoms with Crippen LogP contribution in [0.4, 0.5) is 0 Å². The van der Waals surface area contributed by atoms with Crippen LogP contribution in [-0.2, 0) is 11.2 Å². The minimum Gasteiger partial charge on any atom is -0.383 e. The van der Waals surface area contributed by atoms with Crippen molar-refractivity contribution in [1.29, 1.82) is 0 Å². The summed E-state index contributed by atoms with van der Waals surface area (Å²) in [7, 11) is 1.74. The third kappa shape index (κ3) is 3.74. The van der Waals surface area contributed by atoms with Crippen molar-refractivity contribution in [3.63, 3.8) is 0 Å². The highest BCUT2D eigenvalue weighted by molar-refractivity contribution is 5.74. The fraction of sp³-hybridized carbons (Fsp3) is 0.500. The summed E-state index contributed by atoms with van der Waals surface area (Å²) >= 11 is 0. The first-order valence-corrected chi connectivity index (χ1v) is 7.19. The third-order valence-electron chi connectivity index (χ3n) is 3.33. The van der Waals surface area contributed by atoms with Gasteiger partial charge >= 0.3 is 0 Å². The lowest BCUT2D eigenvalue weighted by molar-refractivity contribution is 0.165. The van der Waals surface area contributed by atoms with Gasteiger partial charge in [0.15, 0.2) is 0 Å². The molecule has 0 saturated carbocycles. The molecule has 1 N–H and O–H groups in total. The highest BCUT2D eigenvalue weighted by Gasteiger charge is 2.13. The molecule has 0 aliphatic rings. The van der Waals surface area contributed by atoms with Crippen LogP contribution in [0.15, 0.2) is 24.3 Å². The van der Waals surface area contributed by atoms with Crippen LogP contribution in [0.5, 0.6) is 0 Å². The molecule has 108 valence electrons. The number of hydrogen-bond donors (Lipinski definition) is 1. The van der Waals surface area contributed by atoms with Gasteiger partial charge in [0.2, 0.25) is 0 Å². The number of methoxy groups -OCH3 is 1. The SMILES string of the molecule is CCCNC(COC)Cc1nc2ccccc2nc1C. The van der Waals surface area contributed by atoms with Gasteiger partial charge in [-0.15, -0.1) is 0 Å². The molecule has 0 fully saturated rings. The highest BCUT2D eigenvalue weighted by Crippen LogP contribution is 2.13. The van der Waals surface area contributed by atoms with Gasteiger partial charge in [-0.25, -0.2) is 9.97 Å². The van der Waals surface area contributed by atoms with Crippen LogP contribution in [0.3, 0.4) is 0 Å². The molecule has 1 aromatic heterocycles. The Hall–Kier alpha value is -1.52. The molecule has 20 heavy (non-hydrogen) atoms. The molecule has 0 saturated heterocycles. The number of nitrogens with one attached hydrogen (secondary N) is 1. The Labute approximate surface area is 120 Å². The van der Waals surface area contributed by atoms with Crippen molar-refractivity contribution in [2.45, 2.75) is 32.7 Å². The first kappa shape index (κ1) is 14.9. The second kappa shape index (κ2) is 7.31. The average Bonchev–Trinajstić information content (AvgIpc) is 2.45. The van der Waals surface area contributed by atoms with Crippen molar-refractivity contribution in [2.24, 2.45) is 0 Å². The fourth-order valence-electron chi connectivity index (χ4n) is 2.29. The molecule has 0 aliphatic heterocycles. The molecule has 0 amide bonds. The fourth-order valence-corrected chi connectivity index (χ4v) is 2.29. The van der Waals surface area contributed by atoms with E-state index in [4.69, 9.17) is 9.72 Å². The quantitative estimate of drug-likeness (QED) is 0.842. The Morgan fingerprint density at radius 2 is 1.90 bits per heavy atom. The van der Waals surface area contributed by atoms with Crippen molar-refractivity contribution >= 4 is 11.0 Å². The molecule has 1 atom stereocenters. The lowest BCUT2D eigenvalue weighted by atomic mass is 10.1. The Bertz CT molecular complexity index is 556. The predicted octanol–water partition coefficient (Wildman–Crippen LogP) is 2.50. The van der Waals surface area contributed by atoms with Gasteiger partial charge in [0, 0.05) is 19.6 Å². The normalized spacial score (nSPS) is 12.8. The van der Waals surface area contributed by atoms with Crippen LogP contribution < -0.4 is 5.32 Å². The summed E-state index contributed by atoms with van der Waals surface area (Å²) in [5, 5.41) is 3.50. The summed E-state index contributed by atoms with van der Waals surface area (Å²) < 4.78 is 5.29. The number of aryl methyl sites for hydroxylation is 1. The van der Waals surface area contributed by atoms with Gasteiger partial charge in [0.05, 0.1) is 29.0 Å². The molecule has 0 bridgehead atoms. The van der Waals surface area contributed by atoms with E-state index in [-0.39, 0.29) is 6.04 Å². The van der Waals surface area contributed by atoms with Gasteiger partial charge in [-0.3, -0.25) is 0 Å². The summed E-state index contributed by atoms with van der Waals surface area (Å²) in [4.78, 5) is 9.38. The molecule has 0 aliphatic carbocycles. The number of rotatable bonds is 7. The van der Waals surface area contributed by atoms with Gasteiger partial charge in [0.1, 0.15) is 0 Å². The van der Waals surface area contributed by atoms with Crippen LogP contribution in [0.25, 0.3) is 11.0 Å². The van der Waals surface area contributed by atoms with Gasteiger partial charge in [-0.2, -0.15) is 0 Å². The van der Waals surface area contributed by atoms with Crippen LogP contribution in [0, 0.1) is 6.92 Å². The standard InChI is InChI=1S/C16H23N3O/c1-4-9-17-13(11-20-3)10-16-12(2)18-14-7-5-6-8-15(14)19-16/h5-8,13,17H,4,9-11H2,1-3H3. The summed E-state index contributed by atoms with van der Waals surface area (Å²) in [6.07, 6.45) is 1.96. The number of ether oxygens (including phenoxy) is 1. The van der Waals surface area contributed by atoms with Crippen molar-refractivity contribution in [3.05, 3.63) is 35.7 Å². The molecule has 1 unspecified atom stereocenters. The Kier molecular flexibility index (Phi) is 5.44. The minimum absolute atomic E-state index is 0.286. The van der Waals surface area contributed by atoms with Crippen LogP contribution in [-0.4, -0.2) is 36.3 Å². The second-order valence-electron chi connectivity index (χ2n) is 5.05. The Morgan fingerprint density at radius 1 is 1.20 bits per heavy atom. The Balaban J connectivity index is 2.19. The molecule has 1 heterocycles. The van der Waals surface area contributed by atoms with Crippen molar-refractivity contribution < 1.29 is 4.74 Å². The second-order valence-corrected chi connectivity index (χ2v) is 5.05. The zero-order valence-corrected chi connectivity index (χ0v) is 12.5. The van der Waals surface area contributed by atoms with E-state index >= 15 is 0 Å². The van der Waals surface area contributed by atoms with E-state index in [1.165, 1.54) is 0 Å². The monoisotopic (exact) mass is 273 g/mol. The lowest BCUT2D eigenvalue weighted by Crippen LogP contribution is -2.36. The summed E-state index contributed by atoms with van der Waals surface area (Å²) in [5.41, 5.74) is 3.97. The first-order valence-electron chi connectivity index (χ1n) is 7.19. The van der Waals surface area contributed by atoms with Crippen molar-refractivity contribution in [3.8, 4) is 0 Å². The maximum absolute atomic E-state index is 5.29. The molecule has 4 nitrogen and oxygen atoms in total. The summed E-state index contributed by atoms with van der Waals surface area (Å²) in [6, 6.07) is 8.29. The van der Waals surface area contributed by atoms with Crippen molar-refractivity contribution in [1.82, 2.24) is 15.3 Å². The average molecular weight is 273 g/mol. The number of fused-ring (bicyclic) bond motifs is 1. The topological polar surface area (TPSA) is 47.0 Å². The van der Waals surface area contributed by atoms with E-state index in [9.17, 15) is 0 Å². The maximum Gasteiger partial charge on any atom is 0.0890 e.